The second-order valence-electron chi connectivity index (χ2n) is 4.26. The number of nitrogens with one attached hydrogen (secondary N) is 1. The third-order valence-corrected chi connectivity index (χ3v) is 3.67. The van der Waals surface area contributed by atoms with Crippen LogP contribution in [0.3, 0.4) is 0 Å². The number of aryl methyl sites for hydroxylation is 1. The zero-order chi connectivity index (χ0) is 13.7. The normalized spacial score (nSPS) is 12.1. The van der Waals surface area contributed by atoms with Gasteiger partial charge >= 0.3 is 0 Å². The van der Waals surface area contributed by atoms with E-state index in [9.17, 15) is 5.11 Å². The van der Waals surface area contributed by atoms with Crippen LogP contribution in [0.4, 0.5) is 0 Å². The summed E-state index contributed by atoms with van der Waals surface area (Å²) in [5.41, 5.74) is 2.43. The smallest absolute Gasteiger partial charge is 0.107 e. The number of rotatable bonds is 5. The maximum atomic E-state index is 10.0. The number of aliphatic hydroxyl groups is 1. The number of benzene rings is 1. The van der Waals surface area contributed by atoms with Gasteiger partial charge < -0.3 is 10.4 Å². The van der Waals surface area contributed by atoms with Crippen LogP contribution in [0.15, 0.2) is 29.6 Å². The van der Waals surface area contributed by atoms with Gasteiger partial charge in [-0.25, -0.2) is 4.98 Å². The molecule has 1 atom stereocenters. The number of hydrogen-bond acceptors (Lipinski definition) is 5. The third kappa shape index (κ3) is 3.86. The molecule has 0 aliphatic heterocycles. The molecule has 0 aliphatic rings. The van der Waals surface area contributed by atoms with Gasteiger partial charge in [0.15, 0.2) is 0 Å². The first kappa shape index (κ1) is 13.7. The van der Waals surface area contributed by atoms with Crippen molar-refractivity contribution in [2.24, 2.45) is 0 Å². The lowest BCUT2D eigenvalue weighted by atomic mass is 10.1. The van der Waals surface area contributed by atoms with Crippen molar-refractivity contribution in [3.63, 3.8) is 0 Å². The van der Waals surface area contributed by atoms with Crippen molar-refractivity contribution in [1.82, 2.24) is 10.3 Å². The Balaban J connectivity index is 1.83. The van der Waals surface area contributed by atoms with Crippen LogP contribution in [-0.4, -0.2) is 16.6 Å². The van der Waals surface area contributed by atoms with Crippen molar-refractivity contribution in [2.75, 3.05) is 6.54 Å². The Hall–Kier alpha value is -1.74. The molecular formula is C14H15N3OS. The number of thiazole rings is 1. The van der Waals surface area contributed by atoms with Gasteiger partial charge in [0.25, 0.3) is 0 Å². The van der Waals surface area contributed by atoms with Gasteiger partial charge in [0.05, 0.1) is 17.7 Å². The Morgan fingerprint density at radius 1 is 1.42 bits per heavy atom. The van der Waals surface area contributed by atoms with Crippen LogP contribution in [0.1, 0.15) is 27.9 Å². The van der Waals surface area contributed by atoms with E-state index in [-0.39, 0.29) is 0 Å². The molecule has 0 saturated carbocycles. The summed E-state index contributed by atoms with van der Waals surface area (Å²) >= 11 is 1.61. The number of nitrogens with zero attached hydrogens (tertiary/aromatic N) is 2. The van der Waals surface area contributed by atoms with Gasteiger partial charge in [-0.15, -0.1) is 11.3 Å². The molecule has 2 N–H and O–H groups in total. The van der Waals surface area contributed by atoms with E-state index < -0.39 is 6.10 Å². The molecule has 1 heterocycles. The minimum atomic E-state index is -0.575. The monoisotopic (exact) mass is 273 g/mol. The molecule has 0 spiro atoms. The fraction of sp³-hybridized carbons (Fsp3) is 0.286. The predicted octanol–water partition coefficient (Wildman–Crippen LogP) is 2.15. The molecule has 5 heteroatoms. The molecule has 0 bridgehead atoms. The van der Waals surface area contributed by atoms with Crippen LogP contribution in [0, 0.1) is 18.3 Å². The summed E-state index contributed by atoms with van der Waals surface area (Å²) in [4.78, 5) is 4.34. The van der Waals surface area contributed by atoms with Gasteiger partial charge in [0, 0.05) is 24.2 Å². The highest BCUT2D eigenvalue weighted by molar-refractivity contribution is 7.09. The number of hydrogen-bond donors (Lipinski definition) is 2. The zero-order valence-corrected chi connectivity index (χ0v) is 11.4. The molecule has 0 amide bonds. The molecular weight excluding hydrogens is 258 g/mol. The van der Waals surface area contributed by atoms with Crippen LogP contribution in [-0.2, 0) is 6.54 Å². The number of aromatic nitrogens is 1. The predicted molar refractivity (Wildman–Crippen MR) is 74.7 cm³/mol. The van der Waals surface area contributed by atoms with E-state index in [0.717, 1.165) is 16.3 Å². The molecule has 19 heavy (non-hydrogen) atoms. The first-order chi connectivity index (χ1) is 9.19. The van der Waals surface area contributed by atoms with E-state index in [1.54, 1.807) is 35.6 Å². The lowest BCUT2D eigenvalue weighted by Crippen LogP contribution is -2.21. The molecule has 0 fully saturated rings. The van der Waals surface area contributed by atoms with E-state index in [1.807, 2.05) is 12.3 Å². The summed E-state index contributed by atoms with van der Waals surface area (Å²) in [6.07, 6.45) is -0.575. The van der Waals surface area contributed by atoms with Gasteiger partial charge in [-0.1, -0.05) is 12.1 Å². The first-order valence-electron chi connectivity index (χ1n) is 5.99. The highest BCUT2D eigenvalue weighted by Gasteiger charge is 2.07. The Labute approximate surface area is 116 Å². The third-order valence-electron chi connectivity index (χ3n) is 2.71. The fourth-order valence-electron chi connectivity index (χ4n) is 1.70. The van der Waals surface area contributed by atoms with Crippen molar-refractivity contribution in [1.29, 1.82) is 5.26 Å². The molecule has 4 nitrogen and oxygen atoms in total. The van der Waals surface area contributed by atoms with E-state index in [1.165, 1.54) is 0 Å². The van der Waals surface area contributed by atoms with E-state index in [4.69, 9.17) is 5.26 Å². The van der Waals surface area contributed by atoms with Crippen LogP contribution in [0.2, 0.25) is 0 Å². The average Bonchev–Trinajstić information content (AvgIpc) is 2.84. The number of nitriles is 1. The van der Waals surface area contributed by atoms with E-state index in [0.29, 0.717) is 18.7 Å². The van der Waals surface area contributed by atoms with E-state index >= 15 is 0 Å². The van der Waals surface area contributed by atoms with Gasteiger partial charge in [0.1, 0.15) is 5.01 Å². The van der Waals surface area contributed by atoms with Crippen molar-refractivity contribution in [3.8, 4) is 6.07 Å². The second-order valence-corrected chi connectivity index (χ2v) is 5.21. The quantitative estimate of drug-likeness (QED) is 0.875. The topological polar surface area (TPSA) is 68.9 Å². The summed E-state index contributed by atoms with van der Waals surface area (Å²) in [6, 6.07) is 9.03. The minimum absolute atomic E-state index is 0.463. The highest BCUT2D eigenvalue weighted by atomic mass is 32.1. The lowest BCUT2D eigenvalue weighted by Gasteiger charge is -2.11. The summed E-state index contributed by atoms with van der Waals surface area (Å²) in [6.45, 7) is 3.09. The maximum Gasteiger partial charge on any atom is 0.107 e. The highest BCUT2D eigenvalue weighted by Crippen LogP contribution is 2.13. The lowest BCUT2D eigenvalue weighted by molar-refractivity contribution is 0.174. The van der Waals surface area contributed by atoms with Gasteiger partial charge in [0.2, 0.25) is 0 Å². The largest absolute Gasteiger partial charge is 0.387 e. The van der Waals surface area contributed by atoms with Crippen molar-refractivity contribution < 1.29 is 5.11 Å². The molecule has 1 unspecified atom stereocenters. The molecule has 1 aromatic carbocycles. The van der Waals surface area contributed by atoms with Crippen LogP contribution < -0.4 is 5.32 Å². The Morgan fingerprint density at radius 3 is 2.74 bits per heavy atom. The summed E-state index contributed by atoms with van der Waals surface area (Å²) in [5.74, 6) is 0. The Bertz CT molecular complexity index is 571. The fourth-order valence-corrected chi connectivity index (χ4v) is 2.44. The first-order valence-corrected chi connectivity index (χ1v) is 6.87. The maximum absolute atomic E-state index is 10.0. The van der Waals surface area contributed by atoms with Gasteiger partial charge in [-0.3, -0.25) is 0 Å². The van der Waals surface area contributed by atoms with Crippen LogP contribution in [0.25, 0.3) is 0 Å². The standard InChI is InChI=1S/C14H15N3OS/c1-10-9-19-14(17-10)8-16-7-13(18)12-4-2-11(6-15)3-5-12/h2-5,9,13,16,18H,7-8H2,1H3. The molecule has 0 radical (unpaired) electrons. The average molecular weight is 273 g/mol. The Morgan fingerprint density at radius 2 is 2.16 bits per heavy atom. The molecule has 2 aromatic rings. The van der Waals surface area contributed by atoms with Crippen LogP contribution >= 0.6 is 11.3 Å². The zero-order valence-electron chi connectivity index (χ0n) is 10.6. The Kier molecular flexibility index (Phi) is 4.63. The molecule has 1 aromatic heterocycles. The molecule has 98 valence electrons. The van der Waals surface area contributed by atoms with Gasteiger partial charge in [-0.2, -0.15) is 5.26 Å². The van der Waals surface area contributed by atoms with Gasteiger partial charge in [-0.05, 0) is 24.6 Å². The van der Waals surface area contributed by atoms with E-state index in [2.05, 4.69) is 16.4 Å². The molecule has 2 rings (SSSR count). The summed E-state index contributed by atoms with van der Waals surface area (Å²) < 4.78 is 0. The van der Waals surface area contributed by atoms with Crippen molar-refractivity contribution in [2.45, 2.75) is 19.6 Å². The van der Waals surface area contributed by atoms with Crippen LogP contribution in [0.5, 0.6) is 0 Å². The van der Waals surface area contributed by atoms with Crippen molar-refractivity contribution >= 4 is 11.3 Å². The minimum Gasteiger partial charge on any atom is -0.387 e. The molecule has 0 aliphatic carbocycles. The summed E-state index contributed by atoms with van der Waals surface area (Å²) in [7, 11) is 0. The summed E-state index contributed by atoms with van der Waals surface area (Å²) in [5, 5.41) is 24.9. The second kappa shape index (κ2) is 6.43. The SMILES string of the molecule is Cc1csc(CNCC(O)c2ccc(C#N)cc2)n1. The molecule has 0 saturated heterocycles. The van der Waals surface area contributed by atoms with Crippen molar-refractivity contribution in [3.05, 3.63) is 51.5 Å². The number of aliphatic hydroxyl groups excluding tert-OH is 1.